The zero-order valence-electron chi connectivity index (χ0n) is 35.2. The van der Waals surface area contributed by atoms with Gasteiger partial charge in [-0.05, 0) is 116 Å². The summed E-state index contributed by atoms with van der Waals surface area (Å²) in [6, 6.07) is 81.9. The minimum Gasteiger partial charge on any atom is -0.308 e. The van der Waals surface area contributed by atoms with Crippen molar-refractivity contribution in [2.45, 2.75) is 0 Å². The molecule has 0 aliphatic carbocycles. The molecule has 4 heteroatoms. The molecule has 10 aromatic carbocycles. The molecule has 0 radical (unpaired) electrons. The van der Waals surface area contributed by atoms with Crippen molar-refractivity contribution in [2.75, 3.05) is 0 Å². The molecule has 0 aliphatic heterocycles. The molecular weight excluding hydrogens is 794 g/mol. The van der Waals surface area contributed by atoms with Crippen molar-refractivity contribution in [3.8, 4) is 73.1 Å². The van der Waals surface area contributed by atoms with Gasteiger partial charge >= 0.3 is 0 Å². The van der Waals surface area contributed by atoms with Crippen LogP contribution in [0.25, 0.3) is 111 Å². The number of benzene rings is 10. The summed E-state index contributed by atoms with van der Waals surface area (Å²) in [6.45, 7) is 0. The number of fused-ring (bicyclic) bond motifs is 6. The summed E-state index contributed by atoms with van der Waals surface area (Å²) in [5.74, 6) is -0.307. The van der Waals surface area contributed by atoms with E-state index in [0.29, 0.717) is 5.56 Å². The van der Waals surface area contributed by atoms with Crippen LogP contribution in [-0.4, -0.2) is 9.13 Å². The van der Waals surface area contributed by atoms with E-state index in [1.165, 1.54) is 12.1 Å². The number of nitrogens with zero attached hydrogens (tertiary/aromatic N) is 3. The molecule has 0 unspecified atom stereocenters. The van der Waals surface area contributed by atoms with Crippen molar-refractivity contribution in [1.29, 1.82) is 5.26 Å². The molecule has 65 heavy (non-hydrogen) atoms. The summed E-state index contributed by atoms with van der Waals surface area (Å²) >= 11 is 0. The van der Waals surface area contributed by atoms with Crippen LogP contribution in [0.3, 0.4) is 0 Å². The summed E-state index contributed by atoms with van der Waals surface area (Å²) in [4.78, 5) is 0. The zero-order valence-corrected chi connectivity index (χ0v) is 35.2. The first kappa shape index (κ1) is 37.9. The lowest BCUT2D eigenvalue weighted by atomic mass is 9.99. The number of rotatable bonds is 7. The van der Waals surface area contributed by atoms with E-state index >= 15 is 0 Å². The quantitative estimate of drug-likeness (QED) is 0.157. The fourth-order valence-corrected chi connectivity index (χ4v) is 9.69. The molecule has 12 rings (SSSR count). The van der Waals surface area contributed by atoms with Crippen molar-refractivity contribution >= 4 is 43.6 Å². The highest BCUT2D eigenvalue weighted by atomic mass is 19.1. The maximum Gasteiger partial charge on any atom is 0.123 e. The highest BCUT2D eigenvalue weighted by Gasteiger charge is 2.24. The molecule has 0 fully saturated rings. The standard InChI is InChI=1S/C61H38FN3/c62-50-27-21-44(22-28-50)49-37-60(64-56-31-25-45(40-13-5-1-6-14-40)33-53(56)51-29-23-47(35-58(51)64)42-17-9-3-10-18-42)55(39-63)61(38-49)65-57-32-26-46(41-15-7-2-8-16-41)34-54(57)52-30-24-48(36-59(52)65)43-19-11-4-12-20-43/h1-38H. The van der Waals surface area contributed by atoms with E-state index in [-0.39, 0.29) is 5.82 Å². The summed E-state index contributed by atoms with van der Waals surface area (Å²) in [5.41, 5.74) is 16.4. The smallest absolute Gasteiger partial charge is 0.123 e. The third-order valence-corrected chi connectivity index (χ3v) is 12.8. The minimum atomic E-state index is -0.307. The van der Waals surface area contributed by atoms with Crippen LogP contribution in [0, 0.1) is 17.1 Å². The van der Waals surface area contributed by atoms with Crippen molar-refractivity contribution in [3.05, 3.63) is 242 Å². The summed E-state index contributed by atoms with van der Waals surface area (Å²) in [6.07, 6.45) is 0. The average molecular weight is 832 g/mol. The van der Waals surface area contributed by atoms with Gasteiger partial charge in [0.25, 0.3) is 0 Å². The molecule has 0 aliphatic rings. The Balaban J connectivity index is 1.20. The van der Waals surface area contributed by atoms with Crippen LogP contribution in [0.15, 0.2) is 231 Å². The fourth-order valence-electron chi connectivity index (χ4n) is 9.69. The predicted octanol–water partition coefficient (Wildman–Crippen LogP) is 16.2. The Morgan fingerprint density at radius 2 is 0.631 bits per heavy atom. The van der Waals surface area contributed by atoms with Gasteiger partial charge in [-0.1, -0.05) is 170 Å². The molecule has 0 bridgehead atoms. The molecule has 12 aromatic rings. The molecule has 0 amide bonds. The summed E-state index contributed by atoms with van der Waals surface area (Å²) in [7, 11) is 0. The van der Waals surface area contributed by atoms with Gasteiger partial charge in [0.1, 0.15) is 17.4 Å². The second-order valence-corrected chi connectivity index (χ2v) is 16.6. The van der Waals surface area contributed by atoms with E-state index < -0.39 is 0 Å². The second-order valence-electron chi connectivity index (χ2n) is 16.6. The van der Waals surface area contributed by atoms with Gasteiger partial charge in [-0.25, -0.2) is 4.39 Å². The van der Waals surface area contributed by atoms with Gasteiger partial charge in [0.05, 0.1) is 33.4 Å². The van der Waals surface area contributed by atoms with E-state index in [0.717, 1.165) is 111 Å². The number of halogens is 1. The van der Waals surface area contributed by atoms with Gasteiger partial charge in [0.2, 0.25) is 0 Å². The number of nitriles is 1. The normalized spacial score (nSPS) is 11.4. The average Bonchev–Trinajstić information content (AvgIpc) is 3.88. The van der Waals surface area contributed by atoms with Gasteiger partial charge in [-0.2, -0.15) is 5.26 Å². The molecule has 3 nitrogen and oxygen atoms in total. The Bertz CT molecular complexity index is 3580. The SMILES string of the molecule is N#Cc1c(-n2c3ccc(-c4ccccc4)cc3c3ccc(-c4ccccc4)cc32)cc(-c2ccc(F)cc2)cc1-n1c2ccc(-c3ccccc3)cc2c2ccc(-c3ccccc3)cc21. The van der Waals surface area contributed by atoms with Gasteiger partial charge in [0, 0.05) is 21.5 Å². The maximum absolute atomic E-state index is 14.6. The third kappa shape index (κ3) is 6.49. The zero-order chi connectivity index (χ0) is 43.4. The third-order valence-electron chi connectivity index (χ3n) is 12.8. The van der Waals surface area contributed by atoms with Crippen LogP contribution in [0.2, 0.25) is 0 Å². The highest BCUT2D eigenvalue weighted by Crippen LogP contribution is 2.43. The number of aromatic nitrogens is 2. The second kappa shape index (κ2) is 15.5. The molecule has 2 heterocycles. The maximum atomic E-state index is 14.6. The van der Waals surface area contributed by atoms with E-state index in [9.17, 15) is 9.65 Å². The minimum absolute atomic E-state index is 0.307. The van der Waals surface area contributed by atoms with Crippen molar-refractivity contribution in [1.82, 2.24) is 9.13 Å². The topological polar surface area (TPSA) is 33.6 Å². The first-order chi connectivity index (χ1) is 32.1. The lowest BCUT2D eigenvalue weighted by molar-refractivity contribution is 0.628. The first-order valence-corrected chi connectivity index (χ1v) is 21.8. The van der Waals surface area contributed by atoms with Crippen LogP contribution < -0.4 is 0 Å². The Kier molecular flexibility index (Phi) is 9.07. The van der Waals surface area contributed by atoms with Crippen LogP contribution in [0.5, 0.6) is 0 Å². The van der Waals surface area contributed by atoms with Crippen molar-refractivity contribution in [3.63, 3.8) is 0 Å². The number of hydrogen-bond acceptors (Lipinski definition) is 1. The molecule has 2 aromatic heterocycles. The summed E-state index contributed by atoms with van der Waals surface area (Å²) in [5, 5.41) is 16.0. The van der Waals surface area contributed by atoms with Crippen LogP contribution >= 0.6 is 0 Å². The van der Waals surface area contributed by atoms with Gasteiger partial charge in [-0.3, -0.25) is 0 Å². The Morgan fingerprint density at radius 3 is 1.02 bits per heavy atom. The van der Waals surface area contributed by atoms with E-state index in [2.05, 4.69) is 197 Å². The first-order valence-electron chi connectivity index (χ1n) is 21.8. The van der Waals surface area contributed by atoms with Crippen molar-refractivity contribution < 1.29 is 4.39 Å². The Morgan fingerprint density at radius 1 is 0.292 bits per heavy atom. The molecule has 0 atom stereocenters. The van der Waals surface area contributed by atoms with Crippen LogP contribution in [-0.2, 0) is 0 Å². The molecule has 0 N–H and O–H groups in total. The monoisotopic (exact) mass is 831 g/mol. The predicted molar refractivity (Wildman–Crippen MR) is 267 cm³/mol. The lowest BCUT2D eigenvalue weighted by Crippen LogP contribution is -2.05. The summed E-state index contributed by atoms with van der Waals surface area (Å²) < 4.78 is 19.2. The Hall–Kier alpha value is -8.78. The molecular formula is C61H38FN3. The Labute approximate surface area is 375 Å². The van der Waals surface area contributed by atoms with Crippen molar-refractivity contribution in [2.24, 2.45) is 0 Å². The molecule has 0 spiro atoms. The molecule has 0 saturated heterocycles. The van der Waals surface area contributed by atoms with Crippen LogP contribution in [0.1, 0.15) is 5.56 Å². The van der Waals surface area contributed by atoms with Gasteiger partial charge in [-0.15, -0.1) is 0 Å². The van der Waals surface area contributed by atoms with Gasteiger partial charge < -0.3 is 9.13 Å². The lowest BCUT2D eigenvalue weighted by Gasteiger charge is -2.19. The highest BCUT2D eigenvalue weighted by molar-refractivity contribution is 6.13. The van der Waals surface area contributed by atoms with E-state index in [4.69, 9.17) is 0 Å². The largest absolute Gasteiger partial charge is 0.308 e. The molecule has 0 saturated carbocycles. The molecule has 304 valence electrons. The fraction of sp³-hybridized carbons (Fsp3) is 0. The van der Waals surface area contributed by atoms with Gasteiger partial charge in [0.15, 0.2) is 0 Å². The van der Waals surface area contributed by atoms with E-state index in [1.54, 1.807) is 0 Å². The number of hydrogen-bond donors (Lipinski definition) is 0. The van der Waals surface area contributed by atoms with Crippen LogP contribution in [0.4, 0.5) is 4.39 Å². The van der Waals surface area contributed by atoms with E-state index in [1.807, 2.05) is 36.4 Å².